The van der Waals surface area contributed by atoms with E-state index in [1.807, 2.05) is 44.0 Å². The van der Waals surface area contributed by atoms with Gasteiger partial charge >= 0.3 is 5.97 Å². The molecule has 0 amide bonds. The first-order chi connectivity index (χ1) is 25.6. The second-order valence-corrected chi connectivity index (χ2v) is 16.2. The molecular weight excluding hydrogens is 701 g/mol. The third-order valence-electron chi connectivity index (χ3n) is 12.7. The van der Waals surface area contributed by atoms with Crippen LogP contribution in [0.25, 0.3) is 10.9 Å². The van der Waals surface area contributed by atoms with Gasteiger partial charge in [0.25, 0.3) is 0 Å². The maximum absolute atomic E-state index is 14.7. The first-order valence-corrected chi connectivity index (χ1v) is 19.1. The van der Waals surface area contributed by atoms with Gasteiger partial charge in [0.15, 0.2) is 28.5 Å². The first-order valence-electron chi connectivity index (χ1n) is 18.0. The van der Waals surface area contributed by atoms with Crippen LogP contribution in [-0.2, 0) is 27.9 Å². The number of nitrogens with zero attached hydrogens (tertiary/aromatic N) is 2. The summed E-state index contributed by atoms with van der Waals surface area (Å²) in [4.78, 5) is 22.5. The highest BCUT2D eigenvalue weighted by molar-refractivity contribution is 7.99. The molecule has 1 spiro atoms. The number of aliphatic hydroxyl groups is 1. The number of nitrogens with one attached hydrogen (secondary N) is 2. The van der Waals surface area contributed by atoms with Crippen LogP contribution in [-0.4, -0.2) is 101 Å². The highest BCUT2D eigenvalue weighted by Crippen LogP contribution is 2.64. The number of fused-ring (bicyclic) bond motifs is 11. The van der Waals surface area contributed by atoms with Gasteiger partial charge in [-0.3, -0.25) is 15.1 Å². The molecule has 8 heterocycles. The van der Waals surface area contributed by atoms with E-state index in [0.29, 0.717) is 53.3 Å². The van der Waals surface area contributed by atoms with Crippen LogP contribution in [0.1, 0.15) is 62.0 Å². The number of phenols is 2. The summed E-state index contributed by atoms with van der Waals surface area (Å²) in [5.74, 6) is 2.07. The molecule has 5 N–H and O–H groups in total. The third-order valence-corrected chi connectivity index (χ3v) is 14.2. The molecule has 1 aromatic heterocycles. The van der Waals surface area contributed by atoms with Gasteiger partial charge in [-0.1, -0.05) is 6.07 Å². The topological polar surface area (TPSA) is 158 Å². The minimum absolute atomic E-state index is 0.0161. The van der Waals surface area contributed by atoms with Gasteiger partial charge in [-0.2, -0.15) is 0 Å². The standard InChI is InChI=1S/C39H42N4O9S/c1-16-10-18-11-23-37(46)43-24-13-50-38(47)39(36-20(8-9-40-39)21-12-19(48-4)6-7-22(21)41-36)14-53-35(27-26(24)34-33(51-15-52-34)17(2)30(27)44)29(43)28(42(23)3)25(18)31(45)32(16)49-5/h6-7,10,12,23-24,28-29,35,37,40-41,44-46H,8-9,11,13-15H2,1-5H3/t23-,24-,28+,29+,35+,37-,39+/m0/s1. The fourth-order valence-electron chi connectivity index (χ4n) is 10.3. The number of rotatable bonds is 2. The average Bonchev–Trinajstić information content (AvgIpc) is 3.79. The monoisotopic (exact) mass is 742 g/mol. The summed E-state index contributed by atoms with van der Waals surface area (Å²) >= 11 is 1.53. The Balaban J connectivity index is 1.21. The van der Waals surface area contributed by atoms with Crippen LogP contribution in [0.3, 0.4) is 0 Å². The van der Waals surface area contributed by atoms with Gasteiger partial charge < -0.3 is 44.0 Å². The number of H-pyrrole nitrogens is 1. The predicted molar refractivity (Wildman–Crippen MR) is 195 cm³/mol. The summed E-state index contributed by atoms with van der Waals surface area (Å²) < 4.78 is 29.8. The largest absolute Gasteiger partial charge is 0.507 e. The summed E-state index contributed by atoms with van der Waals surface area (Å²) in [5, 5.41) is 40.7. The van der Waals surface area contributed by atoms with Crippen LogP contribution in [0, 0.1) is 13.8 Å². The van der Waals surface area contributed by atoms with Crippen molar-refractivity contribution in [3.8, 4) is 34.5 Å². The summed E-state index contributed by atoms with van der Waals surface area (Å²) in [6.45, 7) is 4.14. The number of thioether (sulfide) groups is 1. The van der Waals surface area contributed by atoms with Crippen molar-refractivity contribution in [1.29, 1.82) is 0 Å². The van der Waals surface area contributed by atoms with Crippen LogP contribution >= 0.6 is 11.8 Å². The second kappa shape index (κ2) is 11.6. The van der Waals surface area contributed by atoms with Crippen LogP contribution < -0.4 is 24.3 Å². The number of benzene rings is 3. The lowest BCUT2D eigenvalue weighted by Crippen LogP contribution is -2.70. The van der Waals surface area contributed by atoms with E-state index < -0.39 is 41.1 Å². The number of esters is 1. The van der Waals surface area contributed by atoms with Crippen LogP contribution in [0.5, 0.6) is 34.5 Å². The number of ether oxygens (including phenoxy) is 5. The molecule has 4 bridgehead atoms. The smallest absolute Gasteiger partial charge is 0.333 e. The molecule has 2 saturated heterocycles. The molecule has 13 nitrogen and oxygen atoms in total. The minimum Gasteiger partial charge on any atom is -0.507 e. The number of phenolic OH excluding ortho intramolecular Hbond substituents is 2. The fourth-order valence-corrected chi connectivity index (χ4v) is 12.0. The molecule has 3 aromatic carbocycles. The molecule has 14 heteroatoms. The van der Waals surface area contributed by atoms with Crippen molar-refractivity contribution in [3.63, 3.8) is 0 Å². The number of aromatic nitrogens is 1. The van der Waals surface area contributed by atoms with Gasteiger partial charge in [0.1, 0.15) is 24.3 Å². The molecule has 0 aliphatic carbocycles. The Bertz CT molecular complexity index is 2240. The van der Waals surface area contributed by atoms with E-state index in [4.69, 9.17) is 23.7 Å². The SMILES string of the molecule is COc1ccc2[nH]c3c(c2c1)CCN[C@]31CS[C@@H]2c3c(O)c(C)c4c(c3[C@H](COC1=O)N1[C@@H]2[C@H]2c3c(cc(C)c(OC)c3O)C[C@@H]([C@@H]1O)N2C)OCO4. The molecular formula is C39H42N4O9S. The van der Waals surface area contributed by atoms with Gasteiger partial charge in [0, 0.05) is 51.5 Å². The van der Waals surface area contributed by atoms with Crippen molar-refractivity contribution in [2.75, 3.05) is 47.0 Å². The zero-order chi connectivity index (χ0) is 36.7. The maximum Gasteiger partial charge on any atom is 0.333 e. The van der Waals surface area contributed by atoms with E-state index in [1.54, 1.807) is 14.2 Å². The molecule has 7 aliphatic heterocycles. The van der Waals surface area contributed by atoms with Crippen molar-refractivity contribution in [2.24, 2.45) is 0 Å². The molecule has 53 heavy (non-hydrogen) atoms. The van der Waals surface area contributed by atoms with Gasteiger partial charge in [-0.15, -0.1) is 11.8 Å². The lowest BCUT2D eigenvalue weighted by Gasteiger charge is -2.62. The number of likely N-dealkylation sites (N-methyl/N-ethyl adjacent to an activating group) is 1. The van der Waals surface area contributed by atoms with Crippen LogP contribution in [0.4, 0.5) is 0 Å². The van der Waals surface area contributed by atoms with E-state index in [2.05, 4.69) is 21.3 Å². The first kappa shape index (κ1) is 33.2. The molecule has 7 aliphatic rings. The molecule has 278 valence electrons. The lowest BCUT2D eigenvalue weighted by molar-refractivity contribution is -0.186. The molecule has 4 aromatic rings. The van der Waals surface area contributed by atoms with E-state index in [-0.39, 0.29) is 36.7 Å². The Labute approximate surface area is 310 Å². The number of carbonyl (C=O) groups excluding carboxylic acids is 1. The van der Waals surface area contributed by atoms with Crippen molar-refractivity contribution in [2.45, 2.75) is 67.9 Å². The molecule has 0 radical (unpaired) electrons. The molecule has 11 rings (SSSR count). The van der Waals surface area contributed by atoms with Crippen LogP contribution in [0.15, 0.2) is 24.3 Å². The number of piperazine rings is 1. The zero-order valence-electron chi connectivity index (χ0n) is 30.1. The normalized spacial score (nSPS) is 30.0. The Kier molecular flexibility index (Phi) is 7.26. The van der Waals surface area contributed by atoms with Crippen molar-refractivity contribution >= 4 is 28.6 Å². The zero-order valence-corrected chi connectivity index (χ0v) is 30.9. The number of aromatic amines is 1. The fraction of sp³-hybridized carbons (Fsp3) is 0.462. The predicted octanol–water partition coefficient (Wildman–Crippen LogP) is 3.97. The highest BCUT2D eigenvalue weighted by Gasteiger charge is 2.61. The Hall–Kier alpha value is -4.34. The van der Waals surface area contributed by atoms with Gasteiger partial charge in [-0.25, -0.2) is 4.79 Å². The molecule has 0 unspecified atom stereocenters. The lowest BCUT2D eigenvalue weighted by atomic mass is 9.73. The van der Waals surface area contributed by atoms with E-state index in [1.165, 1.54) is 11.8 Å². The van der Waals surface area contributed by atoms with E-state index >= 15 is 0 Å². The quantitative estimate of drug-likeness (QED) is 0.188. The maximum atomic E-state index is 14.7. The molecule has 7 atom stereocenters. The summed E-state index contributed by atoms with van der Waals surface area (Å²) in [6.07, 6.45) is 0.200. The third kappa shape index (κ3) is 4.26. The number of hydrogen-bond acceptors (Lipinski definition) is 13. The van der Waals surface area contributed by atoms with Gasteiger partial charge in [-0.05, 0) is 68.6 Å². The number of aliphatic hydroxyl groups excluding tert-OH is 1. The Morgan fingerprint density at radius 2 is 1.83 bits per heavy atom. The Morgan fingerprint density at radius 1 is 1.02 bits per heavy atom. The second-order valence-electron chi connectivity index (χ2n) is 15.1. The number of aryl methyl sites for hydroxylation is 1. The Morgan fingerprint density at radius 3 is 2.62 bits per heavy atom. The highest BCUT2D eigenvalue weighted by atomic mass is 32.2. The van der Waals surface area contributed by atoms with Crippen molar-refractivity contribution in [1.82, 2.24) is 20.1 Å². The van der Waals surface area contributed by atoms with Gasteiger partial charge in [0.2, 0.25) is 6.79 Å². The summed E-state index contributed by atoms with van der Waals surface area (Å²) in [5.41, 5.74) is 5.83. The van der Waals surface area contributed by atoms with Crippen molar-refractivity contribution in [3.05, 3.63) is 68.9 Å². The average molecular weight is 743 g/mol. The summed E-state index contributed by atoms with van der Waals surface area (Å²) in [6, 6.07) is 5.94. The van der Waals surface area contributed by atoms with E-state index in [0.717, 1.165) is 44.6 Å². The van der Waals surface area contributed by atoms with Gasteiger partial charge in [0.05, 0.1) is 43.3 Å². The molecule has 0 saturated carbocycles. The van der Waals surface area contributed by atoms with E-state index in [9.17, 15) is 20.1 Å². The molecule has 2 fully saturated rings. The summed E-state index contributed by atoms with van der Waals surface area (Å²) in [7, 11) is 5.19. The minimum atomic E-state index is -1.25. The van der Waals surface area contributed by atoms with Crippen LogP contribution in [0.2, 0.25) is 0 Å². The van der Waals surface area contributed by atoms with Crippen molar-refractivity contribution < 1.29 is 43.8 Å². The number of hydrogen-bond donors (Lipinski definition) is 5. The number of methoxy groups -OCH3 is 2. The number of aromatic hydroxyl groups is 2. The number of carbonyl (C=O) groups is 1.